The van der Waals surface area contributed by atoms with Crippen LogP contribution < -0.4 is 0 Å². The van der Waals surface area contributed by atoms with Crippen LogP contribution in [0.3, 0.4) is 0 Å². The van der Waals surface area contributed by atoms with Gasteiger partial charge in [-0.25, -0.2) is 4.79 Å². The molecule has 0 fully saturated rings. The molecule has 0 aromatic heterocycles. The molecule has 3 nitrogen and oxygen atoms in total. The summed E-state index contributed by atoms with van der Waals surface area (Å²) in [6.45, 7) is 4.11. The van der Waals surface area contributed by atoms with Crippen LogP contribution in [-0.4, -0.2) is 63.3 Å². The van der Waals surface area contributed by atoms with E-state index in [9.17, 15) is 9.59 Å². The first-order valence-corrected chi connectivity index (χ1v) is 10.9. The normalized spacial score (nSPS) is 11.4. The number of ether oxygens (including phenoxy) is 1. The third-order valence-electron chi connectivity index (χ3n) is 4.39. The number of esters is 2. The first kappa shape index (κ1) is 30.2. The third kappa shape index (κ3) is 24.0. The average molecular weight is 417 g/mol. The molecule has 0 bridgehead atoms. The van der Waals surface area contributed by atoms with E-state index in [1.165, 1.54) is 63.9 Å². The molecule has 0 aliphatic heterocycles. The Morgan fingerprint density at radius 1 is 0.750 bits per heavy atom. The SMILES string of the molecule is C/C=C/C=C/C(=O)OC(=O)CCCCCCC/C=C\CCCCCCCC.[KH]. The average Bonchev–Trinajstić information content (AvgIpc) is 2.65. The van der Waals surface area contributed by atoms with Crippen molar-refractivity contribution in [1.29, 1.82) is 0 Å². The summed E-state index contributed by atoms with van der Waals surface area (Å²) >= 11 is 0. The number of allylic oxidation sites excluding steroid dienone is 5. The third-order valence-corrected chi connectivity index (χ3v) is 4.39. The molecule has 156 valence electrons. The number of hydrogen-bond donors (Lipinski definition) is 0. The summed E-state index contributed by atoms with van der Waals surface area (Å²) in [5.41, 5.74) is 0. The number of carbonyl (C=O) groups excluding carboxylic acids is 2. The van der Waals surface area contributed by atoms with Crippen LogP contribution in [0.1, 0.15) is 104 Å². The molecule has 0 radical (unpaired) electrons. The van der Waals surface area contributed by atoms with E-state index >= 15 is 0 Å². The van der Waals surface area contributed by atoms with Gasteiger partial charge in [0.25, 0.3) is 0 Å². The van der Waals surface area contributed by atoms with E-state index < -0.39 is 11.9 Å². The van der Waals surface area contributed by atoms with Crippen LogP contribution in [0.25, 0.3) is 0 Å². The van der Waals surface area contributed by atoms with E-state index in [-0.39, 0.29) is 51.4 Å². The Balaban J connectivity index is 0. The second-order valence-electron chi connectivity index (χ2n) is 7.01. The summed E-state index contributed by atoms with van der Waals surface area (Å²) in [6, 6.07) is 0. The molecule has 0 aliphatic carbocycles. The molecule has 0 saturated carbocycles. The van der Waals surface area contributed by atoms with Crippen LogP contribution in [0.15, 0.2) is 36.5 Å². The molecule has 0 atom stereocenters. The van der Waals surface area contributed by atoms with Crippen molar-refractivity contribution in [2.24, 2.45) is 0 Å². The second-order valence-corrected chi connectivity index (χ2v) is 7.01. The van der Waals surface area contributed by atoms with Gasteiger partial charge in [-0.2, -0.15) is 0 Å². The van der Waals surface area contributed by atoms with Crippen molar-refractivity contribution < 1.29 is 14.3 Å². The van der Waals surface area contributed by atoms with E-state index in [2.05, 4.69) is 19.1 Å². The van der Waals surface area contributed by atoms with Crippen LogP contribution in [-0.2, 0) is 14.3 Å². The standard InChI is InChI=1S/C24H40O3.K.H/c1-3-5-7-8-9-10-11-12-13-14-15-16-17-18-20-22-24(26)27-23(25)21-19-6-4-2;;/h4,6,12-13,19,21H,3,5,7-11,14-18,20,22H2,1-2H3;;/b6-4+,13-12-,21-19+;;. The van der Waals surface area contributed by atoms with Gasteiger partial charge in [-0.15, -0.1) is 0 Å². The summed E-state index contributed by atoms with van der Waals surface area (Å²) in [5.74, 6) is -1.02. The van der Waals surface area contributed by atoms with Crippen molar-refractivity contribution in [3.8, 4) is 0 Å². The van der Waals surface area contributed by atoms with Crippen molar-refractivity contribution >= 4 is 63.3 Å². The quantitative estimate of drug-likeness (QED) is 0.0512. The van der Waals surface area contributed by atoms with Crippen LogP contribution in [0.2, 0.25) is 0 Å². The Bertz CT molecular complexity index is 453. The van der Waals surface area contributed by atoms with Crippen molar-refractivity contribution in [3.63, 3.8) is 0 Å². The van der Waals surface area contributed by atoms with Gasteiger partial charge < -0.3 is 4.74 Å². The van der Waals surface area contributed by atoms with Crippen LogP contribution >= 0.6 is 0 Å². The Morgan fingerprint density at radius 3 is 1.86 bits per heavy atom. The zero-order valence-electron chi connectivity index (χ0n) is 17.6. The molecule has 28 heavy (non-hydrogen) atoms. The molecule has 0 N–H and O–H groups in total. The van der Waals surface area contributed by atoms with Gasteiger partial charge in [0.15, 0.2) is 0 Å². The van der Waals surface area contributed by atoms with Gasteiger partial charge in [-0.1, -0.05) is 88.7 Å². The monoisotopic (exact) mass is 416 g/mol. The predicted octanol–water partition coefficient (Wildman–Crippen LogP) is 6.58. The minimum atomic E-state index is -0.592. The van der Waals surface area contributed by atoms with Gasteiger partial charge in [0.1, 0.15) is 0 Å². The summed E-state index contributed by atoms with van der Waals surface area (Å²) < 4.78 is 4.71. The zero-order chi connectivity index (χ0) is 20.0. The molecule has 0 aromatic rings. The van der Waals surface area contributed by atoms with Gasteiger partial charge in [0, 0.05) is 12.5 Å². The molecule has 0 saturated heterocycles. The summed E-state index contributed by atoms with van der Waals surface area (Å²) in [4.78, 5) is 22.8. The summed E-state index contributed by atoms with van der Waals surface area (Å²) in [6.07, 6.45) is 27.2. The molecule has 4 heteroatoms. The fourth-order valence-electron chi connectivity index (χ4n) is 2.78. The van der Waals surface area contributed by atoms with Gasteiger partial charge >= 0.3 is 63.3 Å². The number of hydrogen-bond acceptors (Lipinski definition) is 3. The van der Waals surface area contributed by atoms with Crippen molar-refractivity contribution in [2.75, 3.05) is 0 Å². The second kappa shape index (κ2) is 25.0. The Labute approximate surface area is 215 Å². The first-order valence-electron chi connectivity index (χ1n) is 10.9. The molecular formula is C24H41KO3. The number of unbranched alkanes of at least 4 members (excludes halogenated alkanes) is 11. The maximum absolute atomic E-state index is 11.5. The molecule has 0 unspecified atom stereocenters. The molecule has 0 amide bonds. The number of carbonyl (C=O) groups is 2. The Kier molecular flexibility index (Phi) is 27.0. The maximum atomic E-state index is 11.5. The van der Waals surface area contributed by atoms with E-state index in [1.54, 1.807) is 18.2 Å². The molecule has 0 spiro atoms. The fourth-order valence-corrected chi connectivity index (χ4v) is 2.78. The minimum absolute atomic E-state index is 0. The molecule has 0 aromatic carbocycles. The Morgan fingerprint density at radius 2 is 1.29 bits per heavy atom. The van der Waals surface area contributed by atoms with Crippen molar-refractivity contribution in [2.45, 2.75) is 104 Å². The fraction of sp³-hybridized carbons (Fsp3) is 0.667. The molecule has 0 rings (SSSR count). The van der Waals surface area contributed by atoms with Crippen LogP contribution in [0, 0.1) is 0 Å². The van der Waals surface area contributed by atoms with E-state index in [0.717, 1.165) is 25.7 Å². The first-order chi connectivity index (χ1) is 13.2. The zero-order valence-corrected chi connectivity index (χ0v) is 17.6. The van der Waals surface area contributed by atoms with Crippen LogP contribution in [0.4, 0.5) is 0 Å². The number of rotatable bonds is 17. The van der Waals surface area contributed by atoms with Gasteiger partial charge in [-0.05, 0) is 39.0 Å². The van der Waals surface area contributed by atoms with Crippen LogP contribution in [0.5, 0.6) is 0 Å². The van der Waals surface area contributed by atoms with Gasteiger partial charge in [-0.3, -0.25) is 4.79 Å². The predicted molar refractivity (Wildman–Crippen MR) is 122 cm³/mol. The van der Waals surface area contributed by atoms with E-state index in [1.807, 2.05) is 6.92 Å². The molecule has 0 aliphatic rings. The van der Waals surface area contributed by atoms with Crippen molar-refractivity contribution in [3.05, 3.63) is 36.5 Å². The topological polar surface area (TPSA) is 43.4 Å². The summed E-state index contributed by atoms with van der Waals surface area (Å²) in [5, 5.41) is 0. The summed E-state index contributed by atoms with van der Waals surface area (Å²) in [7, 11) is 0. The molecule has 0 heterocycles. The van der Waals surface area contributed by atoms with Gasteiger partial charge in [0.05, 0.1) is 0 Å². The Hall–Kier alpha value is -0.00364. The van der Waals surface area contributed by atoms with E-state index in [0.29, 0.717) is 6.42 Å². The van der Waals surface area contributed by atoms with E-state index in [4.69, 9.17) is 4.74 Å². The van der Waals surface area contributed by atoms with Crippen molar-refractivity contribution in [1.82, 2.24) is 0 Å². The molecular weight excluding hydrogens is 375 g/mol. The van der Waals surface area contributed by atoms with Gasteiger partial charge in [0.2, 0.25) is 0 Å².